The molecule has 1 aromatic carbocycles. The Balaban J connectivity index is 2.06. The first-order chi connectivity index (χ1) is 8.19. The number of halogens is 1. The van der Waals surface area contributed by atoms with E-state index >= 15 is 0 Å². The number of hydrogen-bond acceptors (Lipinski definition) is 2. The SMILES string of the molecule is CCc1nn(C)cc1CNc1cccc(F)c1. The minimum Gasteiger partial charge on any atom is -0.381 e. The van der Waals surface area contributed by atoms with Crippen molar-refractivity contribution in [1.82, 2.24) is 9.78 Å². The lowest BCUT2D eigenvalue weighted by Gasteiger charge is -2.05. The van der Waals surface area contributed by atoms with Crippen LogP contribution in [0, 0.1) is 5.82 Å². The third-order valence-electron chi connectivity index (χ3n) is 2.63. The van der Waals surface area contributed by atoms with Gasteiger partial charge >= 0.3 is 0 Å². The van der Waals surface area contributed by atoms with Gasteiger partial charge < -0.3 is 5.32 Å². The average molecular weight is 233 g/mol. The van der Waals surface area contributed by atoms with Gasteiger partial charge in [0, 0.05) is 31.0 Å². The smallest absolute Gasteiger partial charge is 0.125 e. The molecule has 4 heteroatoms. The maximum absolute atomic E-state index is 13.0. The van der Waals surface area contributed by atoms with Crippen molar-refractivity contribution < 1.29 is 4.39 Å². The van der Waals surface area contributed by atoms with Gasteiger partial charge in [-0.3, -0.25) is 4.68 Å². The van der Waals surface area contributed by atoms with Crippen LogP contribution in [0.25, 0.3) is 0 Å². The number of benzene rings is 1. The van der Waals surface area contributed by atoms with Crippen LogP contribution in [0.2, 0.25) is 0 Å². The lowest BCUT2D eigenvalue weighted by Crippen LogP contribution is -2.01. The van der Waals surface area contributed by atoms with Crippen LogP contribution in [0.4, 0.5) is 10.1 Å². The van der Waals surface area contributed by atoms with Gasteiger partial charge in [0.15, 0.2) is 0 Å². The molecule has 1 heterocycles. The fourth-order valence-corrected chi connectivity index (χ4v) is 1.82. The Hall–Kier alpha value is -1.84. The molecule has 0 amide bonds. The van der Waals surface area contributed by atoms with Crippen molar-refractivity contribution in [3.63, 3.8) is 0 Å². The number of nitrogens with zero attached hydrogens (tertiary/aromatic N) is 2. The molecule has 0 saturated heterocycles. The summed E-state index contributed by atoms with van der Waals surface area (Å²) in [6, 6.07) is 6.47. The summed E-state index contributed by atoms with van der Waals surface area (Å²) in [5.74, 6) is -0.225. The topological polar surface area (TPSA) is 29.9 Å². The molecule has 0 fully saturated rings. The van der Waals surface area contributed by atoms with Gasteiger partial charge in [0.1, 0.15) is 5.82 Å². The van der Waals surface area contributed by atoms with Crippen LogP contribution in [0.15, 0.2) is 30.5 Å². The minimum absolute atomic E-state index is 0.225. The maximum atomic E-state index is 13.0. The Labute approximate surface area is 100 Å². The van der Waals surface area contributed by atoms with Crippen molar-refractivity contribution in [2.75, 3.05) is 5.32 Å². The van der Waals surface area contributed by atoms with Crippen molar-refractivity contribution >= 4 is 5.69 Å². The van der Waals surface area contributed by atoms with Gasteiger partial charge in [-0.25, -0.2) is 4.39 Å². The maximum Gasteiger partial charge on any atom is 0.125 e. The Morgan fingerprint density at radius 1 is 1.41 bits per heavy atom. The molecule has 17 heavy (non-hydrogen) atoms. The highest BCUT2D eigenvalue weighted by Gasteiger charge is 2.05. The van der Waals surface area contributed by atoms with Gasteiger partial charge in [-0.1, -0.05) is 13.0 Å². The number of aromatic nitrogens is 2. The zero-order chi connectivity index (χ0) is 12.3. The summed E-state index contributed by atoms with van der Waals surface area (Å²) >= 11 is 0. The standard InChI is InChI=1S/C13H16FN3/c1-3-13-10(9-17(2)16-13)8-15-12-6-4-5-11(14)7-12/h4-7,9,15H,3,8H2,1-2H3. The molecule has 0 unspecified atom stereocenters. The van der Waals surface area contributed by atoms with Gasteiger partial charge in [-0.15, -0.1) is 0 Å². The highest BCUT2D eigenvalue weighted by Crippen LogP contribution is 2.13. The van der Waals surface area contributed by atoms with Gasteiger partial charge in [0.2, 0.25) is 0 Å². The van der Waals surface area contributed by atoms with Gasteiger partial charge in [0.05, 0.1) is 5.69 Å². The van der Waals surface area contributed by atoms with E-state index in [0.29, 0.717) is 6.54 Å². The molecule has 0 spiro atoms. The molecule has 0 saturated carbocycles. The first-order valence-corrected chi connectivity index (χ1v) is 5.70. The summed E-state index contributed by atoms with van der Waals surface area (Å²) < 4.78 is 14.8. The Kier molecular flexibility index (Phi) is 3.42. The highest BCUT2D eigenvalue weighted by atomic mass is 19.1. The van der Waals surface area contributed by atoms with E-state index in [9.17, 15) is 4.39 Å². The fourth-order valence-electron chi connectivity index (χ4n) is 1.82. The highest BCUT2D eigenvalue weighted by molar-refractivity contribution is 5.43. The predicted octanol–water partition coefficient (Wildman–Crippen LogP) is 2.73. The molecule has 3 nitrogen and oxygen atoms in total. The van der Waals surface area contributed by atoms with E-state index in [1.54, 1.807) is 10.7 Å². The lowest BCUT2D eigenvalue weighted by atomic mass is 10.2. The number of hydrogen-bond donors (Lipinski definition) is 1. The van der Waals surface area contributed by atoms with Crippen molar-refractivity contribution in [3.05, 3.63) is 47.5 Å². The largest absolute Gasteiger partial charge is 0.381 e. The molecule has 1 aromatic heterocycles. The van der Waals surface area contributed by atoms with Crippen molar-refractivity contribution in [2.24, 2.45) is 7.05 Å². The normalized spacial score (nSPS) is 10.5. The van der Waals surface area contributed by atoms with Crippen LogP contribution >= 0.6 is 0 Å². The fraction of sp³-hybridized carbons (Fsp3) is 0.308. The monoisotopic (exact) mass is 233 g/mol. The van der Waals surface area contributed by atoms with E-state index in [1.807, 2.05) is 19.3 Å². The molecule has 90 valence electrons. The van der Waals surface area contributed by atoms with Gasteiger partial charge in [0.25, 0.3) is 0 Å². The predicted molar refractivity (Wildman–Crippen MR) is 66.3 cm³/mol. The number of nitrogens with one attached hydrogen (secondary N) is 1. The molecule has 0 aliphatic heterocycles. The number of rotatable bonds is 4. The summed E-state index contributed by atoms with van der Waals surface area (Å²) in [6.45, 7) is 2.74. The third-order valence-corrected chi connectivity index (χ3v) is 2.63. The summed E-state index contributed by atoms with van der Waals surface area (Å²) in [5, 5.41) is 7.56. The third kappa shape index (κ3) is 2.84. The molecule has 0 aliphatic carbocycles. The van der Waals surface area contributed by atoms with Crippen molar-refractivity contribution in [1.29, 1.82) is 0 Å². The van der Waals surface area contributed by atoms with Crippen LogP contribution in [-0.2, 0) is 20.0 Å². The molecule has 0 bridgehead atoms. The summed E-state index contributed by atoms with van der Waals surface area (Å²) in [4.78, 5) is 0. The quantitative estimate of drug-likeness (QED) is 0.880. The van der Waals surface area contributed by atoms with E-state index in [4.69, 9.17) is 0 Å². The Morgan fingerprint density at radius 2 is 2.24 bits per heavy atom. The zero-order valence-corrected chi connectivity index (χ0v) is 10.1. The first kappa shape index (κ1) is 11.6. The number of aryl methyl sites for hydroxylation is 2. The van der Waals surface area contributed by atoms with E-state index < -0.39 is 0 Å². The average Bonchev–Trinajstić information content (AvgIpc) is 2.67. The molecule has 0 atom stereocenters. The van der Waals surface area contributed by atoms with Gasteiger partial charge in [-0.05, 0) is 24.6 Å². The van der Waals surface area contributed by atoms with E-state index in [-0.39, 0.29) is 5.82 Å². The van der Waals surface area contributed by atoms with Crippen LogP contribution in [0.5, 0.6) is 0 Å². The molecule has 0 aliphatic rings. The van der Waals surface area contributed by atoms with Crippen LogP contribution in [-0.4, -0.2) is 9.78 Å². The Bertz CT molecular complexity index is 505. The second kappa shape index (κ2) is 4.99. The summed E-state index contributed by atoms with van der Waals surface area (Å²) in [5.41, 5.74) is 3.02. The summed E-state index contributed by atoms with van der Waals surface area (Å²) in [7, 11) is 1.91. The molecular formula is C13H16FN3. The molecule has 0 radical (unpaired) electrons. The second-order valence-corrected chi connectivity index (χ2v) is 3.99. The van der Waals surface area contributed by atoms with Crippen LogP contribution in [0.1, 0.15) is 18.2 Å². The van der Waals surface area contributed by atoms with E-state index in [0.717, 1.165) is 23.4 Å². The molecule has 2 rings (SSSR count). The van der Waals surface area contributed by atoms with E-state index in [1.165, 1.54) is 12.1 Å². The van der Waals surface area contributed by atoms with Crippen LogP contribution in [0.3, 0.4) is 0 Å². The zero-order valence-electron chi connectivity index (χ0n) is 10.1. The second-order valence-electron chi connectivity index (χ2n) is 3.99. The number of anilines is 1. The lowest BCUT2D eigenvalue weighted by molar-refractivity contribution is 0.628. The van der Waals surface area contributed by atoms with E-state index in [2.05, 4.69) is 17.3 Å². The molecular weight excluding hydrogens is 217 g/mol. The minimum atomic E-state index is -0.225. The molecule has 1 N–H and O–H groups in total. The first-order valence-electron chi connectivity index (χ1n) is 5.70. The summed E-state index contributed by atoms with van der Waals surface area (Å²) in [6.07, 6.45) is 2.89. The Morgan fingerprint density at radius 3 is 2.94 bits per heavy atom. The van der Waals surface area contributed by atoms with Crippen molar-refractivity contribution in [2.45, 2.75) is 19.9 Å². The molecule has 2 aromatic rings. The van der Waals surface area contributed by atoms with Crippen LogP contribution < -0.4 is 5.32 Å². The van der Waals surface area contributed by atoms with Crippen molar-refractivity contribution in [3.8, 4) is 0 Å². The van der Waals surface area contributed by atoms with Gasteiger partial charge in [-0.2, -0.15) is 5.10 Å².